The molecule has 1 fully saturated rings. The minimum absolute atomic E-state index is 0.0788. The first-order chi connectivity index (χ1) is 25.6. The molecule has 54 heavy (non-hydrogen) atoms. The molecule has 4 aromatic rings. The summed E-state index contributed by atoms with van der Waals surface area (Å²) in [5.74, 6) is -6.34. The van der Waals surface area contributed by atoms with Gasteiger partial charge in [0.15, 0.2) is 5.70 Å². The summed E-state index contributed by atoms with van der Waals surface area (Å²) in [4.78, 5) is 52.0. The average Bonchev–Trinajstić information content (AvgIpc) is 3.68. The highest BCUT2D eigenvalue weighted by Gasteiger charge is 2.62. The van der Waals surface area contributed by atoms with Crippen LogP contribution in [0.4, 0.5) is 18.9 Å². The maximum atomic E-state index is 14.4. The smallest absolute Gasteiger partial charge is 0.456 e. The zero-order valence-electron chi connectivity index (χ0n) is 28.2. The molecule has 3 unspecified atom stereocenters. The van der Waals surface area contributed by atoms with Crippen LogP contribution in [-0.2, 0) is 47.5 Å². The van der Waals surface area contributed by atoms with Gasteiger partial charge in [-0.05, 0) is 59.3 Å². The molecule has 2 aliphatic heterocycles. The van der Waals surface area contributed by atoms with Crippen molar-refractivity contribution in [3.8, 4) is 11.5 Å². The summed E-state index contributed by atoms with van der Waals surface area (Å²) in [6, 6.07) is 19.0. The Hall–Kier alpha value is -6.30. The standard InChI is InChI=1S/C33H29F3N7O10P/c1-19-27-26(20(2)37-25(44)17-41-32(33(34,35)36)38-39-40-41)30(45)42(27)28(31(46)50-18-21-13-15-22(16-14-21)43(47)48)29(19)53-54(49,51-23-9-5-3-6-10-23)52-24-11-7-4-8-12-24/h3-16,19-20,26-27H,17-18H2,1-2H3,(H,37,44)/t19?,20-,26?,27?/m1/s1. The molecule has 0 bridgehead atoms. The normalized spacial score (nSPS) is 18.6. The predicted molar refractivity (Wildman–Crippen MR) is 176 cm³/mol. The monoisotopic (exact) mass is 771 g/mol. The highest BCUT2D eigenvalue weighted by Crippen LogP contribution is 2.57. The van der Waals surface area contributed by atoms with Gasteiger partial charge in [0.2, 0.25) is 11.8 Å². The van der Waals surface area contributed by atoms with Crippen molar-refractivity contribution in [2.24, 2.45) is 11.8 Å². The number of carbonyl (C=O) groups is 3. The fraction of sp³-hybridized carbons (Fsp3) is 0.273. The van der Waals surface area contributed by atoms with E-state index < -0.39 is 78.7 Å². The molecule has 2 aliphatic rings. The van der Waals surface area contributed by atoms with Gasteiger partial charge in [0.1, 0.15) is 30.4 Å². The average molecular weight is 772 g/mol. The molecule has 0 aliphatic carbocycles. The van der Waals surface area contributed by atoms with Crippen molar-refractivity contribution in [1.82, 2.24) is 30.4 Å². The van der Waals surface area contributed by atoms with Crippen LogP contribution in [0.15, 0.2) is 96.4 Å². The van der Waals surface area contributed by atoms with Gasteiger partial charge in [-0.1, -0.05) is 43.3 Å². The number of rotatable bonds is 14. The summed E-state index contributed by atoms with van der Waals surface area (Å²) in [6.07, 6.45) is -4.93. The maximum absolute atomic E-state index is 14.4. The van der Waals surface area contributed by atoms with E-state index in [1.165, 1.54) is 55.5 Å². The van der Waals surface area contributed by atoms with E-state index in [2.05, 4.69) is 20.8 Å². The van der Waals surface area contributed by atoms with E-state index in [-0.39, 0.29) is 34.2 Å². The maximum Gasteiger partial charge on any atom is 0.646 e. The Balaban J connectivity index is 1.28. The van der Waals surface area contributed by atoms with Crippen molar-refractivity contribution in [1.29, 1.82) is 0 Å². The van der Waals surface area contributed by atoms with Gasteiger partial charge in [0, 0.05) is 24.1 Å². The van der Waals surface area contributed by atoms with E-state index in [4.69, 9.17) is 18.3 Å². The van der Waals surface area contributed by atoms with E-state index in [0.717, 1.165) is 4.90 Å². The number of ether oxygens (including phenoxy) is 1. The van der Waals surface area contributed by atoms with E-state index >= 15 is 0 Å². The van der Waals surface area contributed by atoms with Gasteiger partial charge in [0.05, 0.1) is 16.9 Å². The Kier molecular flexibility index (Phi) is 10.4. The third-order valence-electron chi connectivity index (χ3n) is 8.44. The summed E-state index contributed by atoms with van der Waals surface area (Å²) in [7, 11) is -4.73. The number of amides is 2. The van der Waals surface area contributed by atoms with E-state index in [1.54, 1.807) is 43.3 Å². The fourth-order valence-electron chi connectivity index (χ4n) is 6.02. The number of carbonyl (C=O) groups excluding carboxylic acids is 3. The molecule has 0 spiro atoms. The van der Waals surface area contributed by atoms with Crippen molar-refractivity contribution in [3.05, 3.63) is 118 Å². The number of nitrogens with one attached hydrogen (secondary N) is 1. The third kappa shape index (κ3) is 7.87. The third-order valence-corrected chi connectivity index (χ3v) is 9.73. The Morgan fingerprint density at radius 2 is 1.57 bits per heavy atom. The molecular formula is C33H29F3N7O10P. The van der Waals surface area contributed by atoms with E-state index in [1.807, 2.05) is 0 Å². The van der Waals surface area contributed by atoms with Crippen LogP contribution in [0.3, 0.4) is 0 Å². The molecule has 1 saturated heterocycles. The first kappa shape index (κ1) is 37.5. The molecule has 1 aromatic heterocycles. The number of esters is 1. The van der Waals surface area contributed by atoms with Gasteiger partial charge in [-0.25, -0.2) is 9.48 Å². The highest BCUT2D eigenvalue weighted by molar-refractivity contribution is 7.49. The SMILES string of the molecule is CC1C(OP(=O)(Oc2ccccc2)Oc2ccccc2)=C(C(=O)OCc2ccc([N+](=O)[O-])cc2)N2C(=O)C([C@@H](C)NC(=O)Cn3nnnc3C(F)(F)F)C12. The van der Waals surface area contributed by atoms with Gasteiger partial charge in [0.25, 0.3) is 11.5 Å². The Bertz CT molecular complexity index is 2090. The number of alkyl halides is 3. The number of hydrogen-bond donors (Lipinski definition) is 1. The Morgan fingerprint density at radius 1 is 0.981 bits per heavy atom. The molecule has 282 valence electrons. The number of tetrazole rings is 1. The van der Waals surface area contributed by atoms with Crippen LogP contribution in [0.5, 0.6) is 11.5 Å². The minimum atomic E-state index is -4.93. The van der Waals surface area contributed by atoms with Crippen molar-refractivity contribution < 1.29 is 55.4 Å². The first-order valence-electron chi connectivity index (χ1n) is 16.0. The lowest BCUT2D eigenvalue weighted by atomic mass is 9.77. The summed E-state index contributed by atoms with van der Waals surface area (Å²) in [5.41, 5.74) is -0.266. The molecule has 17 nitrogen and oxygen atoms in total. The number of phosphoric acid groups is 1. The van der Waals surface area contributed by atoms with Gasteiger partial charge >= 0.3 is 20.0 Å². The number of nitro groups is 1. The second kappa shape index (κ2) is 15.0. The molecule has 3 heterocycles. The number of aromatic nitrogens is 4. The number of para-hydroxylation sites is 2. The lowest BCUT2D eigenvalue weighted by molar-refractivity contribution is -0.384. The van der Waals surface area contributed by atoms with Crippen LogP contribution >= 0.6 is 7.82 Å². The number of non-ortho nitro benzene ring substituents is 1. The minimum Gasteiger partial charge on any atom is -0.456 e. The second-order valence-electron chi connectivity index (χ2n) is 12.1. The lowest BCUT2D eigenvalue weighted by Crippen LogP contribution is -2.66. The number of nitro benzene ring substituents is 1. The topological polar surface area (TPSA) is 207 Å². The van der Waals surface area contributed by atoms with Crippen LogP contribution in [0.2, 0.25) is 0 Å². The molecule has 6 rings (SSSR count). The van der Waals surface area contributed by atoms with Crippen LogP contribution in [0, 0.1) is 22.0 Å². The number of β-lactam (4-membered cyclic amide) rings is 1. The summed E-state index contributed by atoms with van der Waals surface area (Å²) >= 11 is 0. The largest absolute Gasteiger partial charge is 0.646 e. The molecule has 3 aromatic carbocycles. The molecule has 2 amide bonds. The number of benzene rings is 3. The number of phosphoric ester groups is 1. The van der Waals surface area contributed by atoms with Crippen LogP contribution < -0.4 is 14.4 Å². The summed E-state index contributed by atoms with van der Waals surface area (Å²) < 4.78 is 77.5. The molecule has 4 atom stereocenters. The van der Waals surface area contributed by atoms with Gasteiger partial charge < -0.3 is 23.6 Å². The zero-order chi connectivity index (χ0) is 38.8. The highest BCUT2D eigenvalue weighted by atomic mass is 31.2. The second-order valence-corrected chi connectivity index (χ2v) is 13.5. The van der Waals surface area contributed by atoms with Crippen LogP contribution in [0.25, 0.3) is 0 Å². The zero-order valence-corrected chi connectivity index (χ0v) is 29.0. The summed E-state index contributed by atoms with van der Waals surface area (Å²) in [5, 5.41) is 22.7. The number of fused-ring (bicyclic) bond motifs is 1. The molecule has 0 saturated carbocycles. The van der Waals surface area contributed by atoms with Crippen molar-refractivity contribution in [2.45, 2.75) is 45.3 Å². The summed E-state index contributed by atoms with van der Waals surface area (Å²) in [6.45, 7) is 1.70. The van der Waals surface area contributed by atoms with Crippen LogP contribution in [0.1, 0.15) is 25.2 Å². The lowest BCUT2D eigenvalue weighted by Gasteiger charge is -2.47. The van der Waals surface area contributed by atoms with Gasteiger partial charge in [-0.3, -0.25) is 24.6 Å². The Morgan fingerprint density at radius 3 is 2.13 bits per heavy atom. The number of nitrogens with zero attached hydrogens (tertiary/aromatic N) is 6. The number of halogens is 3. The predicted octanol–water partition coefficient (Wildman–Crippen LogP) is 4.82. The van der Waals surface area contributed by atoms with Crippen molar-refractivity contribution >= 4 is 31.3 Å². The fourth-order valence-corrected chi connectivity index (χ4v) is 7.38. The van der Waals surface area contributed by atoms with Gasteiger partial charge in [-0.2, -0.15) is 17.7 Å². The number of hydrogen-bond acceptors (Lipinski definition) is 13. The molecule has 1 N–H and O–H groups in total. The van der Waals surface area contributed by atoms with E-state index in [0.29, 0.717) is 5.56 Å². The van der Waals surface area contributed by atoms with Crippen molar-refractivity contribution in [2.75, 3.05) is 0 Å². The first-order valence-corrected chi connectivity index (χ1v) is 17.5. The molecular weight excluding hydrogens is 742 g/mol. The molecule has 21 heteroatoms. The van der Waals surface area contributed by atoms with E-state index in [9.17, 15) is 42.2 Å². The quantitative estimate of drug-likeness (QED) is 0.0601. The molecule has 0 radical (unpaired) electrons. The van der Waals surface area contributed by atoms with Crippen molar-refractivity contribution in [3.63, 3.8) is 0 Å². The van der Waals surface area contributed by atoms with Crippen LogP contribution in [-0.4, -0.2) is 59.9 Å². The Labute approximate surface area is 303 Å². The van der Waals surface area contributed by atoms with Gasteiger partial charge in [-0.15, -0.1) is 5.10 Å².